The molecule has 7 heteroatoms. The van der Waals surface area contributed by atoms with Crippen LogP contribution >= 0.6 is 11.3 Å². The van der Waals surface area contributed by atoms with Crippen molar-refractivity contribution in [1.82, 2.24) is 15.5 Å². The van der Waals surface area contributed by atoms with Crippen molar-refractivity contribution in [2.75, 3.05) is 26.7 Å². The van der Waals surface area contributed by atoms with Gasteiger partial charge in [0.2, 0.25) is 5.91 Å². The number of nitrogens with one attached hydrogen (secondary N) is 2. The number of aliphatic imine (C=N–C) groups is 1. The normalized spacial score (nSPS) is 17.8. The van der Waals surface area contributed by atoms with E-state index in [-0.39, 0.29) is 11.8 Å². The monoisotopic (exact) mass is 413 g/mol. The number of rotatable bonds is 8. The molecule has 1 fully saturated rings. The van der Waals surface area contributed by atoms with Gasteiger partial charge in [0, 0.05) is 38.1 Å². The van der Waals surface area contributed by atoms with Gasteiger partial charge >= 0.3 is 0 Å². The zero-order chi connectivity index (χ0) is 20.5. The maximum absolute atomic E-state index is 11.5. The topological polar surface area (TPSA) is 82.8 Å². The molecule has 0 spiro atoms. The second-order valence-corrected chi connectivity index (χ2v) is 8.51. The summed E-state index contributed by atoms with van der Waals surface area (Å²) >= 11 is 1.78. The smallest absolute Gasteiger partial charge is 0.221 e. The molecular weight excluding hydrogens is 382 g/mol. The Morgan fingerprint density at radius 3 is 2.90 bits per heavy atom. The minimum absolute atomic E-state index is 0.0165. The number of hydrogen-bond acceptors (Lipinski definition) is 4. The van der Waals surface area contributed by atoms with E-state index < -0.39 is 0 Å². The molecule has 156 valence electrons. The Morgan fingerprint density at radius 1 is 1.28 bits per heavy atom. The summed E-state index contributed by atoms with van der Waals surface area (Å²) in [6.45, 7) is 4.21. The molecule has 0 bridgehead atoms. The second kappa shape index (κ2) is 11.0. The highest BCUT2D eigenvalue weighted by Gasteiger charge is 2.23. The Hall–Kier alpha value is -2.38. The van der Waals surface area contributed by atoms with E-state index >= 15 is 0 Å². The number of nitrogens with two attached hydrogens (primary N) is 1. The average Bonchev–Trinajstić information content (AvgIpc) is 3.24. The number of piperidine rings is 1. The van der Waals surface area contributed by atoms with Crippen LogP contribution in [0.25, 0.3) is 0 Å². The van der Waals surface area contributed by atoms with Crippen molar-refractivity contribution in [3.8, 4) is 0 Å². The first kappa shape index (κ1) is 21.3. The van der Waals surface area contributed by atoms with Gasteiger partial charge in [-0.3, -0.25) is 14.7 Å². The van der Waals surface area contributed by atoms with E-state index in [1.807, 2.05) is 0 Å². The van der Waals surface area contributed by atoms with Gasteiger partial charge in [0.15, 0.2) is 5.96 Å². The van der Waals surface area contributed by atoms with E-state index in [4.69, 9.17) is 5.73 Å². The van der Waals surface area contributed by atoms with Crippen LogP contribution in [0.15, 0.2) is 46.8 Å². The third kappa shape index (κ3) is 6.87. The van der Waals surface area contributed by atoms with Crippen molar-refractivity contribution in [2.24, 2.45) is 16.6 Å². The molecule has 1 aromatic carbocycles. The number of guanidine groups is 1. The van der Waals surface area contributed by atoms with Crippen LogP contribution in [0.3, 0.4) is 0 Å². The van der Waals surface area contributed by atoms with Crippen LogP contribution in [-0.2, 0) is 24.3 Å². The Kier molecular flexibility index (Phi) is 8.07. The fourth-order valence-electron chi connectivity index (χ4n) is 3.69. The Balaban J connectivity index is 1.46. The SMILES string of the molecule is CN=C(NCCc1cccs1)NCc1cccc(CN2CCCC(C(N)=O)C2)c1. The fraction of sp³-hybridized carbons (Fsp3) is 0.455. The van der Waals surface area contributed by atoms with E-state index in [0.717, 1.165) is 57.9 Å². The molecule has 1 aliphatic heterocycles. The predicted molar refractivity (Wildman–Crippen MR) is 120 cm³/mol. The van der Waals surface area contributed by atoms with Crippen molar-refractivity contribution in [1.29, 1.82) is 0 Å². The fourth-order valence-corrected chi connectivity index (χ4v) is 4.40. The largest absolute Gasteiger partial charge is 0.369 e. The highest BCUT2D eigenvalue weighted by Crippen LogP contribution is 2.18. The summed E-state index contributed by atoms with van der Waals surface area (Å²) in [6.07, 6.45) is 2.94. The first-order chi connectivity index (χ1) is 14.1. The summed E-state index contributed by atoms with van der Waals surface area (Å²) in [5.41, 5.74) is 7.97. The molecule has 1 aromatic heterocycles. The predicted octanol–water partition coefficient (Wildman–Crippen LogP) is 2.35. The lowest BCUT2D eigenvalue weighted by molar-refractivity contribution is -0.123. The third-order valence-corrected chi connectivity index (χ3v) is 6.17. The second-order valence-electron chi connectivity index (χ2n) is 7.48. The number of amides is 1. The Labute approximate surface area is 177 Å². The van der Waals surface area contributed by atoms with Crippen molar-refractivity contribution in [3.05, 3.63) is 57.8 Å². The molecule has 0 aliphatic carbocycles. The standard InChI is InChI=1S/C22H31N5OS/c1-24-22(25-10-9-20-8-4-12-29-20)26-14-17-5-2-6-18(13-17)15-27-11-3-7-19(16-27)21(23)28/h2,4-6,8,12-13,19H,3,7,9-11,14-16H2,1H3,(H2,23,28)(H2,24,25,26). The van der Waals surface area contributed by atoms with Gasteiger partial charge in [-0.2, -0.15) is 0 Å². The van der Waals surface area contributed by atoms with Gasteiger partial charge < -0.3 is 16.4 Å². The first-order valence-corrected chi connectivity index (χ1v) is 11.1. The average molecular weight is 414 g/mol. The summed E-state index contributed by atoms with van der Waals surface area (Å²) in [7, 11) is 1.79. The highest BCUT2D eigenvalue weighted by atomic mass is 32.1. The van der Waals surface area contributed by atoms with Crippen molar-refractivity contribution < 1.29 is 4.79 Å². The minimum Gasteiger partial charge on any atom is -0.369 e. The first-order valence-electron chi connectivity index (χ1n) is 10.2. The molecule has 1 atom stereocenters. The molecule has 2 heterocycles. The number of hydrogen-bond donors (Lipinski definition) is 3. The van der Waals surface area contributed by atoms with Crippen LogP contribution in [0.1, 0.15) is 28.8 Å². The molecule has 1 aliphatic rings. The van der Waals surface area contributed by atoms with Crippen molar-refractivity contribution in [2.45, 2.75) is 32.4 Å². The molecule has 6 nitrogen and oxygen atoms in total. The van der Waals surface area contributed by atoms with Crippen LogP contribution < -0.4 is 16.4 Å². The van der Waals surface area contributed by atoms with Crippen LogP contribution in [-0.4, -0.2) is 43.4 Å². The van der Waals surface area contributed by atoms with Gasteiger partial charge in [-0.05, 0) is 48.4 Å². The van der Waals surface area contributed by atoms with E-state index in [0.29, 0.717) is 0 Å². The lowest BCUT2D eigenvalue weighted by Crippen LogP contribution is -2.40. The molecule has 0 saturated carbocycles. The van der Waals surface area contributed by atoms with E-state index in [1.54, 1.807) is 18.4 Å². The lowest BCUT2D eigenvalue weighted by atomic mass is 9.97. The Bertz CT molecular complexity index is 805. The molecule has 1 amide bonds. The summed E-state index contributed by atoms with van der Waals surface area (Å²) in [4.78, 5) is 19.5. The van der Waals surface area contributed by atoms with E-state index in [9.17, 15) is 4.79 Å². The highest BCUT2D eigenvalue weighted by molar-refractivity contribution is 7.09. The Morgan fingerprint density at radius 2 is 2.14 bits per heavy atom. The van der Waals surface area contributed by atoms with Gasteiger partial charge in [0.25, 0.3) is 0 Å². The molecule has 29 heavy (non-hydrogen) atoms. The van der Waals surface area contributed by atoms with Crippen molar-refractivity contribution in [3.63, 3.8) is 0 Å². The number of thiophene rings is 1. The zero-order valence-electron chi connectivity index (χ0n) is 17.1. The number of primary amides is 1. The maximum Gasteiger partial charge on any atom is 0.221 e. The van der Waals surface area contributed by atoms with Crippen molar-refractivity contribution >= 4 is 23.2 Å². The summed E-state index contributed by atoms with van der Waals surface area (Å²) in [6, 6.07) is 12.8. The number of benzene rings is 1. The van der Waals surface area contributed by atoms with Gasteiger partial charge in [-0.15, -0.1) is 11.3 Å². The van der Waals surface area contributed by atoms with Gasteiger partial charge in [-0.1, -0.05) is 30.3 Å². The molecule has 0 radical (unpaired) electrons. The quantitative estimate of drug-likeness (QED) is 0.458. The van der Waals surface area contributed by atoms with E-state index in [1.165, 1.54) is 16.0 Å². The molecular formula is C22H31N5OS. The minimum atomic E-state index is -0.175. The number of likely N-dealkylation sites (tertiary alicyclic amines) is 1. The van der Waals surface area contributed by atoms with Gasteiger partial charge in [0.05, 0.1) is 5.92 Å². The molecule has 1 saturated heterocycles. The lowest BCUT2D eigenvalue weighted by Gasteiger charge is -2.31. The number of carbonyl (C=O) groups is 1. The summed E-state index contributed by atoms with van der Waals surface area (Å²) in [5.74, 6) is 0.620. The molecule has 3 rings (SSSR count). The van der Waals surface area contributed by atoms with Crippen LogP contribution in [0, 0.1) is 5.92 Å². The van der Waals surface area contributed by atoms with E-state index in [2.05, 4.69) is 62.3 Å². The van der Waals surface area contributed by atoms with Crippen LogP contribution in [0.2, 0.25) is 0 Å². The van der Waals surface area contributed by atoms with Crippen LogP contribution in [0.4, 0.5) is 0 Å². The maximum atomic E-state index is 11.5. The summed E-state index contributed by atoms with van der Waals surface area (Å²) in [5, 5.41) is 8.86. The molecule has 2 aromatic rings. The van der Waals surface area contributed by atoms with Gasteiger partial charge in [0.1, 0.15) is 0 Å². The molecule has 1 unspecified atom stereocenters. The van der Waals surface area contributed by atoms with Gasteiger partial charge in [-0.25, -0.2) is 0 Å². The molecule has 4 N–H and O–H groups in total. The third-order valence-electron chi connectivity index (χ3n) is 5.23. The summed E-state index contributed by atoms with van der Waals surface area (Å²) < 4.78 is 0. The van der Waals surface area contributed by atoms with Crippen LogP contribution in [0.5, 0.6) is 0 Å². The zero-order valence-corrected chi connectivity index (χ0v) is 17.9. The number of carbonyl (C=O) groups excluding carboxylic acids is 1. The number of nitrogens with zero attached hydrogens (tertiary/aromatic N) is 2.